The molecule has 1 N–H and O–H groups in total. The van der Waals surface area contributed by atoms with E-state index in [9.17, 15) is 13.2 Å². The van der Waals surface area contributed by atoms with Crippen LogP contribution in [0.4, 0.5) is 13.2 Å². The summed E-state index contributed by atoms with van der Waals surface area (Å²) in [5.41, 5.74) is 0.170. The number of benzene rings is 1. The number of guanidine groups is 1. The molecule has 0 radical (unpaired) electrons. The van der Waals surface area contributed by atoms with Crippen LogP contribution in [0.3, 0.4) is 0 Å². The second kappa shape index (κ2) is 9.94. The summed E-state index contributed by atoms with van der Waals surface area (Å²) in [4.78, 5) is 8.58. The van der Waals surface area contributed by atoms with Crippen molar-refractivity contribution in [3.63, 3.8) is 0 Å². The van der Waals surface area contributed by atoms with E-state index in [1.807, 2.05) is 11.9 Å². The lowest BCUT2D eigenvalue weighted by molar-refractivity contribution is -0.137. The largest absolute Gasteiger partial charge is 0.416 e. The molecule has 1 aromatic carbocycles. The minimum atomic E-state index is -4.31. The molecule has 152 valence electrons. The number of morpholine rings is 1. The van der Waals surface area contributed by atoms with Gasteiger partial charge in [-0.15, -0.1) is 0 Å². The summed E-state index contributed by atoms with van der Waals surface area (Å²) in [5.74, 6) is 1.17. The number of alkyl halides is 3. The van der Waals surface area contributed by atoms with Gasteiger partial charge < -0.3 is 15.0 Å². The van der Waals surface area contributed by atoms with Crippen LogP contribution in [0, 0.1) is 5.92 Å². The first kappa shape index (κ1) is 21.5. The van der Waals surface area contributed by atoms with Crippen LogP contribution in [0.2, 0.25) is 0 Å². The van der Waals surface area contributed by atoms with Crippen molar-refractivity contribution >= 4 is 5.96 Å². The highest BCUT2D eigenvalue weighted by Gasteiger charge is 2.29. The Morgan fingerprint density at radius 1 is 1.26 bits per heavy atom. The minimum Gasteiger partial charge on any atom is -0.379 e. The number of hydrogen-bond donors (Lipinski definition) is 1. The van der Waals surface area contributed by atoms with Crippen molar-refractivity contribution in [2.24, 2.45) is 10.9 Å². The molecule has 27 heavy (non-hydrogen) atoms. The molecule has 1 aliphatic rings. The fraction of sp³-hybridized carbons (Fsp3) is 0.632. The molecular weight excluding hydrogens is 357 g/mol. The van der Waals surface area contributed by atoms with Gasteiger partial charge in [-0.1, -0.05) is 19.1 Å². The Kier molecular flexibility index (Phi) is 7.91. The topological polar surface area (TPSA) is 40.1 Å². The maximum atomic E-state index is 12.7. The molecule has 1 aromatic rings. The molecule has 1 heterocycles. The monoisotopic (exact) mass is 386 g/mol. The summed E-state index contributed by atoms with van der Waals surface area (Å²) in [5, 5.41) is 3.35. The molecule has 1 unspecified atom stereocenters. The maximum Gasteiger partial charge on any atom is 0.416 e. The Balaban J connectivity index is 1.81. The molecular formula is C19H29F3N4O. The third-order valence-corrected chi connectivity index (χ3v) is 4.56. The molecule has 5 nitrogen and oxygen atoms in total. The fourth-order valence-electron chi connectivity index (χ4n) is 3.09. The van der Waals surface area contributed by atoms with Gasteiger partial charge in [0.2, 0.25) is 0 Å². The van der Waals surface area contributed by atoms with E-state index in [4.69, 9.17) is 4.74 Å². The van der Waals surface area contributed by atoms with Gasteiger partial charge >= 0.3 is 6.18 Å². The van der Waals surface area contributed by atoms with E-state index in [-0.39, 0.29) is 0 Å². The van der Waals surface area contributed by atoms with Gasteiger partial charge in [0.25, 0.3) is 0 Å². The summed E-state index contributed by atoms with van der Waals surface area (Å²) in [6.07, 6.45) is -4.31. The van der Waals surface area contributed by atoms with Gasteiger partial charge in [0.15, 0.2) is 5.96 Å². The number of nitrogens with one attached hydrogen (secondary N) is 1. The number of nitrogens with zero attached hydrogens (tertiary/aromatic N) is 3. The van der Waals surface area contributed by atoms with Crippen LogP contribution >= 0.6 is 0 Å². The van der Waals surface area contributed by atoms with Gasteiger partial charge in [0, 0.05) is 46.8 Å². The molecule has 0 aliphatic carbocycles. The van der Waals surface area contributed by atoms with E-state index >= 15 is 0 Å². The van der Waals surface area contributed by atoms with Crippen LogP contribution in [0.5, 0.6) is 0 Å². The molecule has 1 fully saturated rings. The molecule has 1 aliphatic heterocycles. The zero-order chi connectivity index (χ0) is 19.9. The van der Waals surface area contributed by atoms with Crippen LogP contribution in [-0.4, -0.2) is 69.2 Å². The molecule has 1 saturated heterocycles. The normalized spacial score (nSPS) is 17.6. The Bertz CT molecular complexity index is 598. The third kappa shape index (κ3) is 7.03. The molecule has 8 heteroatoms. The Morgan fingerprint density at radius 3 is 2.44 bits per heavy atom. The summed E-state index contributed by atoms with van der Waals surface area (Å²) >= 11 is 0. The SMILES string of the molecule is CN=C(NCC(C)CN1CCOCC1)N(C)Cc1ccc(C(F)(F)F)cc1. The summed E-state index contributed by atoms with van der Waals surface area (Å²) < 4.78 is 43.3. The molecule has 0 aromatic heterocycles. The van der Waals surface area contributed by atoms with Crippen molar-refractivity contribution in [2.45, 2.75) is 19.6 Å². The summed E-state index contributed by atoms with van der Waals surface area (Å²) in [7, 11) is 3.58. The van der Waals surface area contributed by atoms with Gasteiger partial charge in [-0.2, -0.15) is 13.2 Å². The standard InChI is InChI=1S/C19H29F3N4O/c1-15(13-26-8-10-27-11-9-26)12-24-18(23-2)25(3)14-16-4-6-17(7-5-16)19(20,21)22/h4-7,15H,8-14H2,1-3H3,(H,23,24). The molecule has 1 atom stereocenters. The van der Waals surface area contributed by atoms with Gasteiger partial charge in [0.1, 0.15) is 0 Å². The highest BCUT2D eigenvalue weighted by molar-refractivity contribution is 5.79. The highest BCUT2D eigenvalue weighted by atomic mass is 19.4. The highest BCUT2D eigenvalue weighted by Crippen LogP contribution is 2.29. The Morgan fingerprint density at radius 2 is 1.89 bits per heavy atom. The Labute approximate surface area is 159 Å². The second-order valence-corrected chi connectivity index (χ2v) is 7.00. The second-order valence-electron chi connectivity index (χ2n) is 7.00. The van der Waals surface area contributed by atoms with E-state index in [1.165, 1.54) is 12.1 Å². The minimum absolute atomic E-state index is 0.444. The van der Waals surface area contributed by atoms with Crippen molar-refractivity contribution < 1.29 is 17.9 Å². The Hall–Kier alpha value is -1.80. The summed E-state index contributed by atoms with van der Waals surface area (Å²) in [6.45, 7) is 7.95. The van der Waals surface area contributed by atoms with E-state index in [0.29, 0.717) is 12.5 Å². The first-order chi connectivity index (χ1) is 12.8. The van der Waals surface area contributed by atoms with Gasteiger partial charge in [-0.3, -0.25) is 9.89 Å². The van der Waals surface area contributed by atoms with Crippen molar-refractivity contribution in [3.05, 3.63) is 35.4 Å². The average Bonchev–Trinajstić information content (AvgIpc) is 2.62. The predicted molar refractivity (Wildman–Crippen MR) is 101 cm³/mol. The number of aliphatic imine (C=N–C) groups is 1. The van der Waals surface area contributed by atoms with Crippen LogP contribution in [0.15, 0.2) is 29.3 Å². The van der Waals surface area contributed by atoms with Crippen molar-refractivity contribution in [1.29, 1.82) is 0 Å². The number of hydrogen-bond acceptors (Lipinski definition) is 3. The maximum absolute atomic E-state index is 12.7. The zero-order valence-electron chi connectivity index (χ0n) is 16.2. The van der Waals surface area contributed by atoms with E-state index < -0.39 is 11.7 Å². The van der Waals surface area contributed by atoms with Crippen molar-refractivity contribution in [1.82, 2.24) is 15.1 Å². The zero-order valence-corrected chi connectivity index (χ0v) is 16.2. The molecule has 0 bridgehead atoms. The predicted octanol–water partition coefficient (Wildman–Crippen LogP) is 2.68. The smallest absolute Gasteiger partial charge is 0.379 e. The average molecular weight is 386 g/mol. The van der Waals surface area contributed by atoms with Gasteiger partial charge in [-0.05, 0) is 23.6 Å². The number of halogens is 3. The molecule has 2 rings (SSSR count). The number of ether oxygens (including phenoxy) is 1. The molecule has 0 amide bonds. The summed E-state index contributed by atoms with van der Waals surface area (Å²) in [6, 6.07) is 5.24. The first-order valence-corrected chi connectivity index (χ1v) is 9.17. The van der Waals surface area contributed by atoms with Crippen molar-refractivity contribution in [2.75, 3.05) is 53.5 Å². The first-order valence-electron chi connectivity index (χ1n) is 9.17. The lowest BCUT2D eigenvalue weighted by atomic mass is 10.1. The molecule has 0 spiro atoms. The van der Waals surface area contributed by atoms with Crippen LogP contribution in [-0.2, 0) is 17.5 Å². The lowest BCUT2D eigenvalue weighted by Crippen LogP contribution is -2.44. The van der Waals surface area contributed by atoms with Crippen LogP contribution in [0.25, 0.3) is 0 Å². The third-order valence-electron chi connectivity index (χ3n) is 4.56. The fourth-order valence-corrected chi connectivity index (χ4v) is 3.09. The van der Waals surface area contributed by atoms with E-state index in [1.54, 1.807) is 7.05 Å². The molecule has 0 saturated carbocycles. The van der Waals surface area contributed by atoms with E-state index in [2.05, 4.69) is 22.1 Å². The van der Waals surface area contributed by atoms with Crippen molar-refractivity contribution in [3.8, 4) is 0 Å². The quantitative estimate of drug-likeness (QED) is 0.603. The number of rotatable bonds is 6. The van der Waals surface area contributed by atoms with E-state index in [0.717, 1.165) is 63.0 Å². The van der Waals surface area contributed by atoms with Crippen LogP contribution < -0.4 is 5.32 Å². The van der Waals surface area contributed by atoms with Gasteiger partial charge in [0.05, 0.1) is 18.8 Å². The van der Waals surface area contributed by atoms with Crippen LogP contribution in [0.1, 0.15) is 18.1 Å². The lowest BCUT2D eigenvalue weighted by Gasteiger charge is -2.30. The van der Waals surface area contributed by atoms with Gasteiger partial charge in [-0.25, -0.2) is 0 Å².